The molecule has 0 radical (unpaired) electrons. The number of carbonyl (C=O) groups excluding carboxylic acids is 2. The Morgan fingerprint density at radius 3 is 2.67 bits per heavy atom. The van der Waals surface area contributed by atoms with Crippen LogP contribution in [0.5, 0.6) is 5.75 Å². The summed E-state index contributed by atoms with van der Waals surface area (Å²) in [6, 6.07) is 11.9. The zero-order chi connectivity index (χ0) is 28.5. The average molecular weight is 557 g/mol. The molecule has 1 aliphatic heterocycles. The summed E-state index contributed by atoms with van der Waals surface area (Å²) in [6.07, 6.45) is 1.75. The van der Waals surface area contributed by atoms with Gasteiger partial charge in [0, 0.05) is 43.5 Å². The lowest BCUT2D eigenvalue weighted by Gasteiger charge is -2.55. The number of esters is 1. The summed E-state index contributed by atoms with van der Waals surface area (Å²) in [5, 5.41) is 14.4. The summed E-state index contributed by atoms with van der Waals surface area (Å²) in [6.45, 7) is 4.01. The van der Waals surface area contributed by atoms with Crippen molar-refractivity contribution in [2.75, 3.05) is 19.6 Å². The van der Waals surface area contributed by atoms with Crippen LogP contribution >= 0.6 is 0 Å². The van der Waals surface area contributed by atoms with Crippen LogP contribution < -0.4 is 10.1 Å². The molecule has 5 rings (SSSR count). The van der Waals surface area contributed by atoms with Crippen molar-refractivity contribution >= 4 is 18.0 Å². The van der Waals surface area contributed by atoms with Crippen molar-refractivity contribution in [3.8, 4) is 5.75 Å². The second-order valence-electron chi connectivity index (χ2n) is 11.5. The first kappa shape index (κ1) is 28.4. The second kappa shape index (κ2) is 11.4. The largest absolute Gasteiger partial charge is 0.427 e. The Kier molecular flexibility index (Phi) is 8.06. The number of aliphatic hydroxyl groups excluding tert-OH is 1. The van der Waals surface area contributed by atoms with Gasteiger partial charge in [-0.1, -0.05) is 24.3 Å². The van der Waals surface area contributed by atoms with E-state index < -0.39 is 35.1 Å². The zero-order valence-corrected chi connectivity index (χ0v) is 22.5. The van der Waals surface area contributed by atoms with E-state index in [1.807, 2.05) is 18.2 Å². The lowest BCUT2D eigenvalue weighted by Crippen LogP contribution is -2.61. The maximum absolute atomic E-state index is 13.0. The number of rotatable bonds is 7. The van der Waals surface area contributed by atoms with Crippen LogP contribution in [0.25, 0.3) is 6.08 Å². The number of benzene rings is 2. The van der Waals surface area contributed by atoms with Crippen molar-refractivity contribution in [3.63, 3.8) is 0 Å². The highest BCUT2D eigenvalue weighted by molar-refractivity contribution is 5.92. The molecular weight excluding hydrogens is 521 g/mol. The minimum Gasteiger partial charge on any atom is -0.427 e. The summed E-state index contributed by atoms with van der Waals surface area (Å²) >= 11 is 0. The predicted octanol–water partition coefficient (Wildman–Crippen LogP) is 4.95. The number of nitrogens with one attached hydrogen (secondary N) is 1. The third kappa shape index (κ3) is 6.58. The van der Waals surface area contributed by atoms with Crippen LogP contribution in [0.15, 0.2) is 54.6 Å². The minimum absolute atomic E-state index is 0.0543. The lowest BCUT2D eigenvalue weighted by atomic mass is 9.57. The van der Waals surface area contributed by atoms with E-state index in [9.17, 15) is 27.9 Å². The van der Waals surface area contributed by atoms with Crippen LogP contribution in [0.2, 0.25) is 0 Å². The molecule has 2 aliphatic carbocycles. The van der Waals surface area contributed by atoms with E-state index in [1.165, 1.54) is 44.1 Å². The Bertz CT molecular complexity index is 1280. The van der Waals surface area contributed by atoms with E-state index in [4.69, 9.17) is 4.74 Å². The Morgan fingerprint density at radius 1 is 1.18 bits per heavy atom. The number of likely N-dealkylation sites (tertiary alicyclic amines) is 1. The van der Waals surface area contributed by atoms with Crippen LogP contribution in [0.1, 0.15) is 55.7 Å². The molecule has 3 fully saturated rings. The molecule has 9 heteroatoms. The molecule has 4 atom stereocenters. The third-order valence-corrected chi connectivity index (χ3v) is 8.51. The summed E-state index contributed by atoms with van der Waals surface area (Å²) in [4.78, 5) is 26.9. The minimum atomic E-state index is -4.46. The van der Waals surface area contributed by atoms with Crippen LogP contribution in [-0.2, 0) is 21.2 Å². The van der Waals surface area contributed by atoms with Gasteiger partial charge < -0.3 is 20.1 Å². The first-order valence-corrected chi connectivity index (χ1v) is 13.9. The van der Waals surface area contributed by atoms with Gasteiger partial charge in [0.05, 0.1) is 11.7 Å². The molecule has 2 aromatic carbocycles. The molecule has 0 bridgehead atoms. The number of halogens is 3. The van der Waals surface area contributed by atoms with Gasteiger partial charge in [-0.2, -0.15) is 13.2 Å². The highest BCUT2D eigenvalue weighted by Crippen LogP contribution is 2.50. The maximum atomic E-state index is 13.0. The van der Waals surface area contributed by atoms with Crippen molar-refractivity contribution in [1.82, 2.24) is 10.2 Å². The van der Waals surface area contributed by atoms with Gasteiger partial charge in [0.2, 0.25) is 5.91 Å². The topological polar surface area (TPSA) is 78.9 Å². The summed E-state index contributed by atoms with van der Waals surface area (Å²) in [7, 11) is 0. The molecule has 2 N–H and O–H groups in total. The summed E-state index contributed by atoms with van der Waals surface area (Å²) < 4.78 is 44.5. The zero-order valence-electron chi connectivity index (χ0n) is 22.5. The second-order valence-corrected chi connectivity index (χ2v) is 11.5. The molecule has 2 saturated carbocycles. The Balaban J connectivity index is 1.35. The Labute approximate surface area is 232 Å². The molecule has 1 heterocycles. The molecule has 0 spiro atoms. The number of ether oxygens (including phenoxy) is 1. The maximum Gasteiger partial charge on any atom is 0.416 e. The van der Waals surface area contributed by atoms with Gasteiger partial charge in [-0.05, 0) is 86.0 Å². The Hall–Kier alpha value is -3.17. The van der Waals surface area contributed by atoms with Crippen molar-refractivity contribution < 1.29 is 32.6 Å². The molecule has 4 unspecified atom stereocenters. The number of amides is 1. The van der Waals surface area contributed by atoms with Gasteiger partial charge in [-0.3, -0.25) is 9.59 Å². The quantitative estimate of drug-likeness (QED) is 0.287. The number of aliphatic hydroxyl groups is 1. The third-order valence-electron chi connectivity index (χ3n) is 8.51. The van der Waals surface area contributed by atoms with Crippen LogP contribution in [0.3, 0.4) is 0 Å². The predicted molar refractivity (Wildman–Crippen MR) is 144 cm³/mol. The fraction of sp³-hybridized carbons (Fsp3) is 0.484. The van der Waals surface area contributed by atoms with E-state index in [0.29, 0.717) is 18.6 Å². The number of carbonyl (C=O) groups is 2. The van der Waals surface area contributed by atoms with E-state index >= 15 is 0 Å². The first-order chi connectivity index (χ1) is 19.0. The number of hydrogen-bond acceptors (Lipinski definition) is 5. The van der Waals surface area contributed by atoms with E-state index in [0.717, 1.165) is 49.7 Å². The molecule has 0 aromatic heterocycles. The monoisotopic (exact) mass is 556 g/mol. The fourth-order valence-electron chi connectivity index (χ4n) is 6.50. The molecule has 214 valence electrons. The fourth-order valence-corrected chi connectivity index (χ4v) is 6.50. The normalized spacial score (nSPS) is 27.3. The smallest absolute Gasteiger partial charge is 0.416 e. The first-order valence-electron chi connectivity index (χ1n) is 13.9. The summed E-state index contributed by atoms with van der Waals surface area (Å²) in [5.74, 6) is 0.288. The molecular formula is C31H35F3N2O4. The van der Waals surface area contributed by atoms with E-state index in [1.54, 1.807) is 6.07 Å². The molecule has 6 nitrogen and oxygen atoms in total. The summed E-state index contributed by atoms with van der Waals surface area (Å²) in [5.41, 5.74) is 0.0362. The lowest BCUT2D eigenvalue weighted by molar-refractivity contribution is -0.137. The molecule has 2 aromatic rings. The van der Waals surface area contributed by atoms with Gasteiger partial charge in [-0.25, -0.2) is 0 Å². The standard InChI is InChI=1S/C31H35F3N2O4/c1-20(37)40-26-7-3-5-23(15-26)30-12-13-36(18-22-8-9-22)19-27(30)28(38)16-25(17-30)35-29(39)11-10-21-4-2-6-24(14-21)31(32,33)34/h2-7,10-11,14-15,22,25,27-28,38H,8-9,12-13,16-19H2,1H3,(H,35,39)/b11-10+. The van der Waals surface area contributed by atoms with Crippen LogP contribution in [-0.4, -0.2) is 53.7 Å². The van der Waals surface area contributed by atoms with Crippen molar-refractivity contribution in [3.05, 3.63) is 71.3 Å². The van der Waals surface area contributed by atoms with E-state index in [2.05, 4.69) is 10.2 Å². The molecule has 1 saturated heterocycles. The number of nitrogens with zero attached hydrogens (tertiary/aromatic N) is 1. The SMILES string of the molecule is CC(=O)Oc1cccc(C23CCN(CC4CC4)CC2C(O)CC(NC(=O)/C=C/c2cccc(C(F)(F)F)c2)C3)c1. The van der Waals surface area contributed by atoms with Gasteiger partial charge >= 0.3 is 12.1 Å². The highest BCUT2D eigenvalue weighted by Gasteiger charge is 2.52. The molecule has 3 aliphatic rings. The van der Waals surface area contributed by atoms with Crippen LogP contribution in [0.4, 0.5) is 13.2 Å². The molecule has 1 amide bonds. The van der Waals surface area contributed by atoms with Crippen LogP contribution in [0, 0.1) is 11.8 Å². The number of hydrogen-bond donors (Lipinski definition) is 2. The molecule has 40 heavy (non-hydrogen) atoms. The number of fused-ring (bicyclic) bond motifs is 1. The number of piperidine rings is 1. The van der Waals surface area contributed by atoms with Crippen molar-refractivity contribution in [2.24, 2.45) is 11.8 Å². The van der Waals surface area contributed by atoms with Crippen molar-refractivity contribution in [2.45, 2.75) is 62.8 Å². The van der Waals surface area contributed by atoms with Gasteiger partial charge in [0.1, 0.15) is 5.75 Å². The number of alkyl halides is 3. The van der Waals surface area contributed by atoms with Gasteiger partial charge in [-0.15, -0.1) is 0 Å². The van der Waals surface area contributed by atoms with Gasteiger partial charge in [0.15, 0.2) is 0 Å². The van der Waals surface area contributed by atoms with E-state index in [-0.39, 0.29) is 17.5 Å². The Morgan fingerprint density at radius 2 is 1.95 bits per heavy atom. The van der Waals surface area contributed by atoms with Gasteiger partial charge in [0.25, 0.3) is 0 Å². The average Bonchev–Trinajstić information content (AvgIpc) is 3.71. The van der Waals surface area contributed by atoms with Crippen molar-refractivity contribution in [1.29, 1.82) is 0 Å². The highest BCUT2D eigenvalue weighted by atomic mass is 19.4.